The summed E-state index contributed by atoms with van der Waals surface area (Å²) in [7, 11) is 1.67. The molecule has 0 aromatic heterocycles. The molecule has 106 valence electrons. The first kappa shape index (κ1) is 16.0. The number of hydrogen-bond donors (Lipinski definition) is 3. The van der Waals surface area contributed by atoms with Crippen molar-refractivity contribution in [1.82, 2.24) is 5.32 Å². The number of likely N-dealkylation sites (N-methyl/N-ethyl adjacent to an activating group) is 1. The average molecular weight is 283 g/mol. The van der Waals surface area contributed by atoms with Gasteiger partial charge in [0.15, 0.2) is 5.54 Å². The van der Waals surface area contributed by atoms with Crippen LogP contribution in [-0.4, -0.2) is 40.8 Å². The number of aliphatic hydroxyl groups is 1. The van der Waals surface area contributed by atoms with Crippen molar-refractivity contribution in [2.24, 2.45) is 0 Å². The van der Waals surface area contributed by atoms with Crippen LogP contribution in [0.15, 0.2) is 30.3 Å². The number of nitrogens with one attached hydrogen (secondary N) is 1. The number of rotatable bonds is 8. The fourth-order valence-electron chi connectivity index (χ4n) is 1.85. The topological polar surface area (TPSA) is 69.6 Å². The summed E-state index contributed by atoms with van der Waals surface area (Å²) in [5.41, 5.74) is -0.343. The monoisotopic (exact) mass is 283 g/mol. The number of carboxylic acid groups (broad SMARTS) is 1. The number of carbonyl (C=O) groups is 1. The van der Waals surface area contributed by atoms with Crippen molar-refractivity contribution in [3.05, 3.63) is 35.9 Å². The summed E-state index contributed by atoms with van der Waals surface area (Å²) in [5, 5.41) is 21.7. The van der Waals surface area contributed by atoms with Gasteiger partial charge in [-0.15, -0.1) is 0 Å². The zero-order chi connectivity index (χ0) is 14.3. The van der Waals surface area contributed by atoms with E-state index in [1.807, 2.05) is 37.3 Å². The van der Waals surface area contributed by atoms with Crippen molar-refractivity contribution in [3.63, 3.8) is 0 Å². The highest BCUT2D eigenvalue weighted by Crippen LogP contribution is 2.28. The zero-order valence-corrected chi connectivity index (χ0v) is 12.1. The molecule has 2 atom stereocenters. The van der Waals surface area contributed by atoms with Gasteiger partial charge in [-0.25, -0.2) is 4.79 Å². The Bertz CT molecular complexity index is 399. The summed E-state index contributed by atoms with van der Waals surface area (Å²) >= 11 is 1.55. The SMILES string of the molecule is CNC(CSC(C)CCO)(C(=O)O)c1ccccc1. The van der Waals surface area contributed by atoms with Gasteiger partial charge in [-0.2, -0.15) is 11.8 Å². The molecule has 1 aromatic rings. The molecule has 1 rings (SSSR count). The molecule has 0 bridgehead atoms. The summed E-state index contributed by atoms with van der Waals surface area (Å²) in [6.07, 6.45) is 0.666. The second-order valence-electron chi connectivity index (χ2n) is 4.46. The van der Waals surface area contributed by atoms with Gasteiger partial charge in [0.1, 0.15) is 0 Å². The first-order valence-electron chi connectivity index (χ1n) is 6.27. The van der Waals surface area contributed by atoms with Gasteiger partial charge in [0.2, 0.25) is 0 Å². The molecule has 3 N–H and O–H groups in total. The minimum atomic E-state index is -1.09. The minimum absolute atomic E-state index is 0.124. The first-order chi connectivity index (χ1) is 9.06. The number of hydrogen-bond acceptors (Lipinski definition) is 4. The summed E-state index contributed by atoms with van der Waals surface area (Å²) in [6, 6.07) is 9.19. The van der Waals surface area contributed by atoms with Crippen molar-refractivity contribution in [2.45, 2.75) is 24.1 Å². The Kier molecular flexibility index (Phi) is 6.34. The fraction of sp³-hybridized carbons (Fsp3) is 0.500. The predicted molar refractivity (Wildman–Crippen MR) is 78.4 cm³/mol. The van der Waals surface area contributed by atoms with Gasteiger partial charge in [-0.05, 0) is 19.0 Å². The second kappa shape index (κ2) is 7.53. The number of thioether (sulfide) groups is 1. The molecular formula is C14H21NO3S. The van der Waals surface area contributed by atoms with E-state index >= 15 is 0 Å². The molecule has 0 amide bonds. The normalized spacial score (nSPS) is 15.7. The molecule has 0 heterocycles. The molecule has 1 aromatic carbocycles. The standard InChI is InChI=1S/C14H21NO3S/c1-11(8-9-16)19-10-14(15-2,13(17)18)12-6-4-3-5-7-12/h3-7,11,15-16H,8-10H2,1-2H3,(H,17,18). The highest BCUT2D eigenvalue weighted by molar-refractivity contribution is 7.99. The second-order valence-corrected chi connectivity index (χ2v) is 5.89. The Morgan fingerprint density at radius 3 is 2.53 bits per heavy atom. The lowest BCUT2D eigenvalue weighted by atomic mass is 9.92. The Morgan fingerprint density at radius 1 is 1.42 bits per heavy atom. The lowest BCUT2D eigenvalue weighted by Gasteiger charge is -2.30. The molecule has 19 heavy (non-hydrogen) atoms. The van der Waals surface area contributed by atoms with E-state index in [4.69, 9.17) is 5.11 Å². The molecule has 0 saturated carbocycles. The van der Waals surface area contributed by atoms with E-state index in [-0.39, 0.29) is 11.9 Å². The summed E-state index contributed by atoms with van der Waals surface area (Å²) < 4.78 is 0. The van der Waals surface area contributed by atoms with Crippen molar-refractivity contribution in [3.8, 4) is 0 Å². The molecule has 0 radical (unpaired) electrons. The quantitative estimate of drug-likeness (QED) is 0.677. The van der Waals surface area contributed by atoms with Crippen LogP contribution in [0.1, 0.15) is 18.9 Å². The van der Waals surface area contributed by atoms with Crippen LogP contribution in [0.5, 0.6) is 0 Å². The highest BCUT2D eigenvalue weighted by atomic mass is 32.2. The lowest BCUT2D eigenvalue weighted by molar-refractivity contribution is -0.144. The van der Waals surface area contributed by atoms with Crippen LogP contribution < -0.4 is 5.32 Å². The van der Waals surface area contributed by atoms with Gasteiger partial charge in [0.05, 0.1) is 0 Å². The van der Waals surface area contributed by atoms with Crippen LogP contribution in [0.4, 0.5) is 0 Å². The Labute approximate surface area is 118 Å². The van der Waals surface area contributed by atoms with E-state index in [1.54, 1.807) is 18.8 Å². The van der Waals surface area contributed by atoms with Crippen molar-refractivity contribution >= 4 is 17.7 Å². The van der Waals surface area contributed by atoms with E-state index in [0.717, 1.165) is 5.56 Å². The Hall–Kier alpha value is -1.04. The van der Waals surface area contributed by atoms with E-state index in [2.05, 4.69) is 5.32 Å². The molecule has 4 nitrogen and oxygen atoms in total. The summed E-state index contributed by atoms with van der Waals surface area (Å²) in [6.45, 7) is 2.12. The maximum Gasteiger partial charge on any atom is 0.329 e. The van der Waals surface area contributed by atoms with Crippen molar-refractivity contribution in [1.29, 1.82) is 0 Å². The largest absolute Gasteiger partial charge is 0.480 e. The van der Waals surface area contributed by atoms with E-state index in [1.165, 1.54) is 0 Å². The number of benzene rings is 1. The summed E-state index contributed by atoms with van der Waals surface area (Å²) in [4.78, 5) is 11.7. The fourth-order valence-corrected chi connectivity index (χ4v) is 3.09. The van der Waals surface area contributed by atoms with E-state index < -0.39 is 11.5 Å². The van der Waals surface area contributed by atoms with Gasteiger partial charge in [0.25, 0.3) is 0 Å². The van der Waals surface area contributed by atoms with Gasteiger partial charge >= 0.3 is 5.97 Å². The van der Waals surface area contributed by atoms with Crippen LogP contribution in [0.3, 0.4) is 0 Å². The van der Waals surface area contributed by atoms with Gasteiger partial charge in [-0.1, -0.05) is 37.3 Å². The molecule has 0 spiro atoms. The van der Waals surface area contributed by atoms with Gasteiger partial charge < -0.3 is 15.5 Å². The van der Waals surface area contributed by atoms with Crippen LogP contribution in [0.2, 0.25) is 0 Å². The maximum absolute atomic E-state index is 11.7. The van der Waals surface area contributed by atoms with E-state index in [0.29, 0.717) is 12.2 Å². The third-order valence-corrected chi connectivity index (χ3v) is 4.58. The molecule has 0 aliphatic carbocycles. The van der Waals surface area contributed by atoms with Gasteiger partial charge in [0, 0.05) is 17.6 Å². The predicted octanol–water partition coefficient (Wildman–Crippen LogP) is 1.69. The Morgan fingerprint density at radius 2 is 2.05 bits per heavy atom. The minimum Gasteiger partial charge on any atom is -0.480 e. The number of carboxylic acids is 1. The Balaban J connectivity index is 2.91. The van der Waals surface area contributed by atoms with Crippen LogP contribution in [-0.2, 0) is 10.3 Å². The molecule has 0 fully saturated rings. The number of aliphatic carboxylic acids is 1. The van der Waals surface area contributed by atoms with Crippen LogP contribution in [0.25, 0.3) is 0 Å². The van der Waals surface area contributed by atoms with Crippen molar-refractivity contribution in [2.75, 3.05) is 19.4 Å². The molecule has 2 unspecified atom stereocenters. The summed E-state index contributed by atoms with van der Waals surface area (Å²) in [5.74, 6) is -0.464. The first-order valence-corrected chi connectivity index (χ1v) is 7.32. The third kappa shape index (κ3) is 3.96. The molecule has 0 saturated heterocycles. The zero-order valence-electron chi connectivity index (χ0n) is 11.3. The molecule has 5 heteroatoms. The molecule has 0 aliphatic rings. The van der Waals surface area contributed by atoms with Gasteiger partial charge in [-0.3, -0.25) is 0 Å². The maximum atomic E-state index is 11.7. The highest BCUT2D eigenvalue weighted by Gasteiger charge is 2.39. The van der Waals surface area contributed by atoms with E-state index in [9.17, 15) is 9.90 Å². The average Bonchev–Trinajstić information content (AvgIpc) is 2.41. The van der Waals surface area contributed by atoms with Crippen LogP contribution in [0, 0.1) is 0 Å². The third-order valence-electron chi connectivity index (χ3n) is 3.18. The number of aliphatic hydroxyl groups excluding tert-OH is 1. The smallest absolute Gasteiger partial charge is 0.329 e. The van der Waals surface area contributed by atoms with Crippen LogP contribution >= 0.6 is 11.8 Å². The molecular weight excluding hydrogens is 262 g/mol. The molecule has 0 aliphatic heterocycles. The van der Waals surface area contributed by atoms with Crippen molar-refractivity contribution < 1.29 is 15.0 Å². The lowest BCUT2D eigenvalue weighted by Crippen LogP contribution is -2.50.